The molecule has 0 fully saturated rings. The van der Waals surface area contributed by atoms with Gasteiger partial charge in [0, 0.05) is 12.8 Å². The molecule has 2 heteroatoms. The van der Waals surface area contributed by atoms with Crippen LogP contribution in [-0.2, 0) is 9.59 Å². The van der Waals surface area contributed by atoms with Crippen molar-refractivity contribution in [1.29, 1.82) is 0 Å². The maximum atomic E-state index is 12.3. The second-order valence-electron chi connectivity index (χ2n) is 9.52. The predicted octanol–water partition coefficient (Wildman–Crippen LogP) is 5.81. The van der Waals surface area contributed by atoms with Gasteiger partial charge in [0.2, 0.25) is 0 Å². The third kappa shape index (κ3) is 5.16. The van der Waals surface area contributed by atoms with Crippen LogP contribution in [0.15, 0.2) is 23.3 Å². The second kappa shape index (κ2) is 7.37. The Hall–Kier alpha value is -1.18. The fourth-order valence-corrected chi connectivity index (χ4v) is 3.51. The molecular formula is C22H34O2. The normalized spacial score (nSPS) is 21.1. The van der Waals surface area contributed by atoms with Crippen molar-refractivity contribution in [2.24, 2.45) is 16.7 Å². The first kappa shape index (κ1) is 19.1. The summed E-state index contributed by atoms with van der Waals surface area (Å²) in [6.45, 7) is 11.0. The predicted molar refractivity (Wildman–Crippen MR) is 99.8 cm³/mol. The summed E-state index contributed by atoms with van der Waals surface area (Å²) < 4.78 is 0. The lowest BCUT2D eigenvalue weighted by Gasteiger charge is -2.39. The van der Waals surface area contributed by atoms with Gasteiger partial charge < -0.3 is 0 Å². The molecule has 0 aliphatic heterocycles. The fraction of sp³-hybridized carbons (Fsp3) is 0.727. The van der Waals surface area contributed by atoms with Crippen molar-refractivity contribution in [3.63, 3.8) is 0 Å². The van der Waals surface area contributed by atoms with Crippen molar-refractivity contribution in [3.05, 3.63) is 23.3 Å². The lowest BCUT2D eigenvalue weighted by Crippen LogP contribution is -2.31. The molecule has 0 aromatic carbocycles. The highest BCUT2D eigenvalue weighted by molar-refractivity contribution is 5.97. The first-order valence-corrected chi connectivity index (χ1v) is 9.55. The second-order valence-corrected chi connectivity index (χ2v) is 9.52. The highest BCUT2D eigenvalue weighted by Crippen LogP contribution is 2.44. The number of ketones is 2. The van der Waals surface area contributed by atoms with Gasteiger partial charge in [0.15, 0.2) is 11.6 Å². The molecule has 0 saturated carbocycles. The molecule has 0 aromatic rings. The maximum Gasteiger partial charge on any atom is 0.158 e. The van der Waals surface area contributed by atoms with E-state index in [0.29, 0.717) is 30.3 Å². The van der Waals surface area contributed by atoms with E-state index in [0.717, 1.165) is 49.7 Å². The minimum Gasteiger partial charge on any atom is -0.295 e. The number of carbonyl (C=O) groups excluding carboxylic acids is 2. The first-order valence-electron chi connectivity index (χ1n) is 9.55. The molecule has 0 N–H and O–H groups in total. The van der Waals surface area contributed by atoms with Gasteiger partial charge in [-0.25, -0.2) is 0 Å². The standard InChI is InChI=1S/C22H34O2/c1-21(2,3)12-10-20(24)17-14-18(15-17)22(4,5)13-11-19(23)16-8-6-7-9-16/h8,14,18H,6-7,9-13,15H2,1-5H3. The van der Waals surface area contributed by atoms with Gasteiger partial charge in [0.1, 0.15) is 0 Å². The summed E-state index contributed by atoms with van der Waals surface area (Å²) in [6.07, 6.45) is 11.5. The molecule has 0 bridgehead atoms. The molecule has 0 heterocycles. The number of Topliss-reactive ketones (excluding diaryl/α,β-unsaturated/α-hetero) is 2. The number of hydrogen-bond acceptors (Lipinski definition) is 2. The van der Waals surface area contributed by atoms with Crippen molar-refractivity contribution in [2.45, 2.75) is 86.0 Å². The molecule has 2 aliphatic rings. The van der Waals surface area contributed by atoms with Crippen molar-refractivity contribution < 1.29 is 9.59 Å². The molecule has 0 amide bonds. The zero-order valence-electron chi connectivity index (χ0n) is 16.2. The summed E-state index contributed by atoms with van der Waals surface area (Å²) in [5.41, 5.74) is 2.38. The molecule has 0 aromatic heterocycles. The Bertz CT molecular complexity index is 555. The van der Waals surface area contributed by atoms with Crippen molar-refractivity contribution in [1.82, 2.24) is 0 Å². The lowest BCUT2D eigenvalue weighted by atomic mass is 9.65. The zero-order chi connectivity index (χ0) is 18.0. The summed E-state index contributed by atoms with van der Waals surface area (Å²) in [4.78, 5) is 24.5. The molecule has 24 heavy (non-hydrogen) atoms. The Morgan fingerprint density at radius 2 is 1.58 bits per heavy atom. The minimum absolute atomic E-state index is 0.0998. The smallest absolute Gasteiger partial charge is 0.158 e. The average molecular weight is 331 g/mol. The molecule has 0 saturated heterocycles. The molecule has 1 unspecified atom stereocenters. The van der Waals surface area contributed by atoms with E-state index in [2.05, 4.69) is 46.8 Å². The van der Waals surface area contributed by atoms with Crippen LogP contribution in [0.2, 0.25) is 0 Å². The number of allylic oxidation sites excluding steroid dienone is 4. The van der Waals surface area contributed by atoms with E-state index in [1.807, 2.05) is 0 Å². The SMILES string of the molecule is CC(C)(C)CCC(=O)C1=CC(C(C)(C)CCC(=O)C2=CCCC2)C1. The van der Waals surface area contributed by atoms with Crippen molar-refractivity contribution in [2.75, 3.05) is 0 Å². The monoisotopic (exact) mass is 330 g/mol. The fourth-order valence-electron chi connectivity index (χ4n) is 3.51. The van der Waals surface area contributed by atoms with Gasteiger partial charge in [-0.1, -0.05) is 46.8 Å². The van der Waals surface area contributed by atoms with Crippen LogP contribution >= 0.6 is 0 Å². The van der Waals surface area contributed by atoms with Crippen LogP contribution in [-0.4, -0.2) is 11.6 Å². The summed E-state index contributed by atoms with van der Waals surface area (Å²) in [7, 11) is 0. The molecule has 0 radical (unpaired) electrons. The maximum absolute atomic E-state index is 12.3. The van der Waals surface area contributed by atoms with E-state index in [1.54, 1.807) is 0 Å². The van der Waals surface area contributed by atoms with Crippen molar-refractivity contribution >= 4 is 11.6 Å². The number of carbonyl (C=O) groups is 2. The number of rotatable bonds is 8. The molecule has 2 rings (SSSR count). The third-order valence-electron chi connectivity index (χ3n) is 5.70. The quantitative estimate of drug-likeness (QED) is 0.562. The van der Waals surface area contributed by atoms with E-state index in [9.17, 15) is 9.59 Å². The van der Waals surface area contributed by atoms with Crippen LogP contribution in [0.5, 0.6) is 0 Å². The van der Waals surface area contributed by atoms with Gasteiger partial charge in [-0.15, -0.1) is 0 Å². The van der Waals surface area contributed by atoms with Crippen LogP contribution < -0.4 is 0 Å². The van der Waals surface area contributed by atoms with Crippen LogP contribution in [0.3, 0.4) is 0 Å². The van der Waals surface area contributed by atoms with Crippen LogP contribution in [0.4, 0.5) is 0 Å². The Balaban J connectivity index is 1.80. The molecule has 0 spiro atoms. The summed E-state index contributed by atoms with van der Waals surface area (Å²) in [6, 6.07) is 0. The zero-order valence-corrected chi connectivity index (χ0v) is 16.2. The van der Waals surface area contributed by atoms with E-state index < -0.39 is 0 Å². The Morgan fingerprint density at radius 1 is 1.00 bits per heavy atom. The third-order valence-corrected chi connectivity index (χ3v) is 5.70. The van der Waals surface area contributed by atoms with Crippen LogP contribution in [0.25, 0.3) is 0 Å². The Labute approximate surface area is 147 Å². The molecule has 2 nitrogen and oxygen atoms in total. The summed E-state index contributed by atoms with van der Waals surface area (Å²) in [5.74, 6) is 1.10. The van der Waals surface area contributed by atoms with Gasteiger partial charge in [-0.05, 0) is 66.4 Å². The van der Waals surface area contributed by atoms with Gasteiger partial charge >= 0.3 is 0 Å². The number of hydrogen-bond donors (Lipinski definition) is 0. The highest BCUT2D eigenvalue weighted by atomic mass is 16.1. The van der Waals surface area contributed by atoms with E-state index in [1.165, 1.54) is 0 Å². The average Bonchev–Trinajstić information content (AvgIpc) is 2.94. The molecule has 1 atom stereocenters. The van der Waals surface area contributed by atoms with E-state index in [-0.39, 0.29) is 10.8 Å². The Kier molecular flexibility index (Phi) is 5.88. The van der Waals surface area contributed by atoms with Gasteiger partial charge in [-0.2, -0.15) is 0 Å². The minimum atomic E-state index is 0.0998. The molecular weight excluding hydrogens is 296 g/mol. The van der Waals surface area contributed by atoms with Gasteiger partial charge in [-0.3, -0.25) is 9.59 Å². The largest absolute Gasteiger partial charge is 0.295 e. The van der Waals surface area contributed by atoms with Crippen LogP contribution in [0, 0.1) is 16.7 Å². The van der Waals surface area contributed by atoms with Crippen molar-refractivity contribution in [3.8, 4) is 0 Å². The molecule has 2 aliphatic carbocycles. The summed E-state index contributed by atoms with van der Waals surface area (Å²) >= 11 is 0. The van der Waals surface area contributed by atoms with Crippen LogP contribution in [0.1, 0.15) is 86.0 Å². The van der Waals surface area contributed by atoms with Gasteiger partial charge in [0.05, 0.1) is 0 Å². The summed E-state index contributed by atoms with van der Waals surface area (Å²) in [5, 5.41) is 0. The lowest BCUT2D eigenvalue weighted by molar-refractivity contribution is -0.117. The Morgan fingerprint density at radius 3 is 2.12 bits per heavy atom. The topological polar surface area (TPSA) is 34.1 Å². The van der Waals surface area contributed by atoms with E-state index >= 15 is 0 Å². The molecule has 134 valence electrons. The highest BCUT2D eigenvalue weighted by Gasteiger charge is 2.36. The first-order chi connectivity index (χ1) is 11.1. The van der Waals surface area contributed by atoms with Gasteiger partial charge in [0.25, 0.3) is 0 Å². The van der Waals surface area contributed by atoms with E-state index in [4.69, 9.17) is 0 Å².